The molecule has 0 aliphatic heterocycles. The fourth-order valence-electron chi connectivity index (χ4n) is 6.17. The largest absolute Gasteiger partial charge is 0.446 e. The monoisotopic (exact) mass is 464 g/mol. The van der Waals surface area contributed by atoms with E-state index in [2.05, 4.69) is 17.6 Å². The van der Waals surface area contributed by atoms with Crippen molar-refractivity contribution in [3.63, 3.8) is 0 Å². The van der Waals surface area contributed by atoms with E-state index in [4.69, 9.17) is 4.74 Å². The summed E-state index contributed by atoms with van der Waals surface area (Å²) in [5.74, 6) is -0.785. The van der Waals surface area contributed by atoms with E-state index in [9.17, 15) is 24.2 Å². The first-order chi connectivity index (χ1) is 15.6. The van der Waals surface area contributed by atoms with Gasteiger partial charge in [-0.05, 0) is 67.6 Å². The minimum Gasteiger partial charge on any atom is -0.446 e. The molecule has 0 aromatic heterocycles. The Bertz CT molecular complexity index is 835. The fourth-order valence-corrected chi connectivity index (χ4v) is 6.17. The van der Waals surface area contributed by atoms with Gasteiger partial charge in [-0.1, -0.05) is 26.0 Å². The minimum absolute atomic E-state index is 0.0125. The van der Waals surface area contributed by atoms with E-state index in [0.29, 0.717) is 38.8 Å². The zero-order valence-corrected chi connectivity index (χ0v) is 19.8. The summed E-state index contributed by atoms with van der Waals surface area (Å²) in [6, 6.07) is 5.97. The highest BCUT2D eigenvalue weighted by atomic mass is 19.1. The SMILES string of the molecule is CCNC(=O)O[C@@H]1CC[C@]2(C)C(CC[C@@H](O)[C@H]2CC(=O)NCc2ccc(F)cc2)[C@]1(C)CO. The Balaban J connectivity index is 1.72. The number of rotatable bonds is 7. The number of nitrogens with one attached hydrogen (secondary N) is 2. The molecule has 3 rings (SSSR count). The van der Waals surface area contributed by atoms with E-state index < -0.39 is 23.7 Å². The summed E-state index contributed by atoms with van der Waals surface area (Å²) in [7, 11) is 0. The van der Waals surface area contributed by atoms with Crippen LogP contribution >= 0.6 is 0 Å². The smallest absolute Gasteiger partial charge is 0.407 e. The van der Waals surface area contributed by atoms with E-state index >= 15 is 0 Å². The van der Waals surface area contributed by atoms with Crippen molar-refractivity contribution in [2.24, 2.45) is 22.7 Å². The zero-order chi connectivity index (χ0) is 24.2. The number of ether oxygens (including phenoxy) is 1. The van der Waals surface area contributed by atoms with Crippen LogP contribution in [0.3, 0.4) is 0 Å². The Morgan fingerprint density at radius 1 is 1.15 bits per heavy atom. The lowest BCUT2D eigenvalue weighted by molar-refractivity contribution is -0.185. The number of alkyl carbamates (subject to hydrolysis) is 1. The van der Waals surface area contributed by atoms with Gasteiger partial charge >= 0.3 is 6.09 Å². The number of aliphatic hydroxyl groups excluding tert-OH is 2. The highest BCUT2D eigenvalue weighted by Gasteiger charge is 2.60. The maximum atomic E-state index is 13.1. The van der Waals surface area contributed by atoms with Crippen molar-refractivity contribution >= 4 is 12.0 Å². The number of benzene rings is 1. The average molecular weight is 465 g/mol. The number of aliphatic hydroxyl groups is 2. The highest BCUT2D eigenvalue weighted by molar-refractivity contribution is 5.76. The van der Waals surface area contributed by atoms with Crippen molar-refractivity contribution in [3.05, 3.63) is 35.6 Å². The van der Waals surface area contributed by atoms with E-state index in [1.54, 1.807) is 12.1 Å². The Kier molecular flexibility index (Phi) is 8.00. The lowest BCUT2D eigenvalue weighted by Crippen LogP contribution is -2.61. The Hall–Kier alpha value is -2.19. The normalized spacial score (nSPS) is 33.6. The maximum absolute atomic E-state index is 13.1. The first-order valence-corrected chi connectivity index (χ1v) is 11.9. The molecular formula is C25H37FN2O5. The second-order valence-electron chi connectivity index (χ2n) is 10.0. The first-order valence-electron chi connectivity index (χ1n) is 11.9. The van der Waals surface area contributed by atoms with Gasteiger partial charge in [-0.25, -0.2) is 9.18 Å². The van der Waals surface area contributed by atoms with Gasteiger partial charge in [-0.3, -0.25) is 4.79 Å². The molecule has 6 atom stereocenters. The van der Waals surface area contributed by atoms with Crippen LogP contribution in [0.5, 0.6) is 0 Å². The lowest BCUT2D eigenvalue weighted by Gasteiger charge is -2.60. The molecule has 1 unspecified atom stereocenters. The fraction of sp³-hybridized carbons (Fsp3) is 0.680. The summed E-state index contributed by atoms with van der Waals surface area (Å²) in [6.07, 6.45) is 1.09. The number of amides is 2. The molecule has 7 nitrogen and oxygen atoms in total. The molecule has 2 aliphatic rings. The number of fused-ring (bicyclic) bond motifs is 1. The molecule has 0 bridgehead atoms. The standard InChI is InChI=1S/C25H37FN2O5/c1-4-27-23(32)33-21-11-12-24(2)18(19(30)9-10-20(24)25(21,3)15-29)13-22(31)28-14-16-5-7-17(26)8-6-16/h5-8,18-21,29-30H,4,9-15H2,1-3H3,(H,27,32)(H,28,31)/t18-,19-,20?,21-,24+,25+/m1/s1. The average Bonchev–Trinajstić information content (AvgIpc) is 2.78. The summed E-state index contributed by atoms with van der Waals surface area (Å²) < 4.78 is 18.8. The molecule has 2 aliphatic carbocycles. The molecule has 0 saturated heterocycles. The summed E-state index contributed by atoms with van der Waals surface area (Å²) in [4.78, 5) is 24.9. The number of carbonyl (C=O) groups is 2. The molecule has 1 aromatic rings. The second kappa shape index (κ2) is 10.4. The minimum atomic E-state index is -0.666. The number of carbonyl (C=O) groups excluding carboxylic acids is 2. The third kappa shape index (κ3) is 5.32. The van der Waals surface area contributed by atoms with Gasteiger partial charge in [-0.2, -0.15) is 0 Å². The van der Waals surface area contributed by atoms with Crippen LogP contribution in [0, 0.1) is 28.5 Å². The van der Waals surface area contributed by atoms with Crippen LogP contribution in [-0.4, -0.2) is 47.6 Å². The van der Waals surface area contributed by atoms with E-state index in [0.717, 1.165) is 5.56 Å². The van der Waals surface area contributed by atoms with Gasteiger partial charge in [0.1, 0.15) is 11.9 Å². The zero-order valence-electron chi connectivity index (χ0n) is 19.8. The third-order valence-corrected chi connectivity index (χ3v) is 8.05. The molecule has 0 heterocycles. The summed E-state index contributed by atoms with van der Waals surface area (Å²) >= 11 is 0. The molecule has 2 amide bonds. The van der Waals surface area contributed by atoms with Gasteiger partial charge in [0.05, 0.1) is 12.7 Å². The van der Waals surface area contributed by atoms with E-state index in [-0.39, 0.29) is 42.0 Å². The quantitative estimate of drug-likeness (QED) is 0.496. The van der Waals surface area contributed by atoms with Gasteiger partial charge in [0.15, 0.2) is 0 Å². The molecule has 33 heavy (non-hydrogen) atoms. The molecule has 1 aromatic carbocycles. The molecule has 4 N–H and O–H groups in total. The summed E-state index contributed by atoms with van der Waals surface area (Å²) in [5.41, 5.74) is -0.251. The highest BCUT2D eigenvalue weighted by Crippen LogP contribution is 2.61. The van der Waals surface area contributed by atoms with Crippen LogP contribution in [0.2, 0.25) is 0 Å². The molecule has 0 radical (unpaired) electrons. The van der Waals surface area contributed by atoms with E-state index in [1.807, 2.05) is 13.8 Å². The molecule has 184 valence electrons. The Morgan fingerprint density at radius 2 is 1.85 bits per heavy atom. The van der Waals surface area contributed by atoms with Crippen LogP contribution in [0.25, 0.3) is 0 Å². The molecular weight excluding hydrogens is 427 g/mol. The molecule has 2 fully saturated rings. The van der Waals surface area contributed by atoms with Crippen LogP contribution < -0.4 is 10.6 Å². The number of halogens is 1. The van der Waals surface area contributed by atoms with Crippen LogP contribution in [0.15, 0.2) is 24.3 Å². The van der Waals surface area contributed by atoms with Crippen molar-refractivity contribution in [1.29, 1.82) is 0 Å². The Morgan fingerprint density at radius 3 is 2.48 bits per heavy atom. The van der Waals surface area contributed by atoms with Crippen molar-refractivity contribution in [2.75, 3.05) is 13.2 Å². The predicted molar refractivity (Wildman–Crippen MR) is 122 cm³/mol. The topological polar surface area (TPSA) is 108 Å². The van der Waals surface area contributed by atoms with Gasteiger partial charge in [0.25, 0.3) is 0 Å². The molecule has 0 spiro atoms. The summed E-state index contributed by atoms with van der Waals surface area (Å²) in [5, 5.41) is 26.8. The van der Waals surface area contributed by atoms with Gasteiger partial charge < -0.3 is 25.6 Å². The van der Waals surface area contributed by atoms with Crippen molar-refractivity contribution in [3.8, 4) is 0 Å². The number of hydrogen-bond acceptors (Lipinski definition) is 5. The lowest BCUT2D eigenvalue weighted by atomic mass is 9.46. The second-order valence-corrected chi connectivity index (χ2v) is 10.0. The molecule has 8 heteroatoms. The first kappa shape index (κ1) is 25.4. The van der Waals surface area contributed by atoms with Gasteiger partial charge in [0.2, 0.25) is 5.91 Å². The number of hydrogen-bond donors (Lipinski definition) is 4. The Labute approximate surface area is 195 Å². The van der Waals surface area contributed by atoms with E-state index in [1.165, 1.54) is 12.1 Å². The van der Waals surface area contributed by atoms with Gasteiger partial charge in [0, 0.05) is 24.9 Å². The van der Waals surface area contributed by atoms with Gasteiger partial charge in [-0.15, -0.1) is 0 Å². The van der Waals surface area contributed by atoms with Crippen LogP contribution in [0.4, 0.5) is 9.18 Å². The van der Waals surface area contributed by atoms with Crippen LogP contribution in [-0.2, 0) is 16.1 Å². The molecule has 2 saturated carbocycles. The van der Waals surface area contributed by atoms with Crippen molar-refractivity contribution in [1.82, 2.24) is 10.6 Å². The predicted octanol–water partition coefficient (Wildman–Crippen LogP) is 3.13. The van der Waals surface area contributed by atoms with Crippen LogP contribution in [0.1, 0.15) is 58.4 Å². The van der Waals surface area contributed by atoms with Crippen molar-refractivity contribution < 1.29 is 28.9 Å². The maximum Gasteiger partial charge on any atom is 0.407 e. The van der Waals surface area contributed by atoms with Crippen molar-refractivity contribution in [2.45, 2.75) is 71.6 Å². The summed E-state index contributed by atoms with van der Waals surface area (Å²) in [6.45, 7) is 6.47. The third-order valence-electron chi connectivity index (χ3n) is 8.05.